The van der Waals surface area contributed by atoms with E-state index in [9.17, 15) is 9.59 Å². The van der Waals surface area contributed by atoms with Gasteiger partial charge in [-0.05, 0) is 30.4 Å². The van der Waals surface area contributed by atoms with E-state index in [2.05, 4.69) is 19.2 Å². The van der Waals surface area contributed by atoms with Crippen molar-refractivity contribution < 1.29 is 14.7 Å². The summed E-state index contributed by atoms with van der Waals surface area (Å²) in [6.45, 7) is 4.61. The maximum atomic E-state index is 12.3. The Morgan fingerprint density at radius 3 is 2.70 bits per heavy atom. The van der Waals surface area contributed by atoms with Crippen molar-refractivity contribution in [3.8, 4) is 0 Å². The van der Waals surface area contributed by atoms with Crippen molar-refractivity contribution >= 4 is 17.7 Å². The van der Waals surface area contributed by atoms with Gasteiger partial charge in [0.25, 0.3) is 0 Å². The first-order valence-corrected chi connectivity index (χ1v) is 6.90. The fourth-order valence-electron chi connectivity index (χ4n) is 2.57. The van der Waals surface area contributed by atoms with Gasteiger partial charge in [-0.15, -0.1) is 0 Å². The SMILES string of the molecule is CC(C)c1ccccc1NC(=O)N1CCC[C@H]1C(=O)O. The number of likely N-dealkylation sites (tertiary alicyclic amines) is 1. The standard InChI is InChI=1S/C15H20N2O3/c1-10(2)11-6-3-4-7-12(11)16-15(20)17-9-5-8-13(17)14(18)19/h3-4,6-7,10,13H,5,8-9H2,1-2H3,(H,16,20)(H,18,19)/t13-/m0/s1. The second kappa shape index (κ2) is 5.94. The summed E-state index contributed by atoms with van der Waals surface area (Å²) in [4.78, 5) is 24.8. The van der Waals surface area contributed by atoms with Crippen molar-refractivity contribution in [3.63, 3.8) is 0 Å². The summed E-state index contributed by atoms with van der Waals surface area (Å²) in [6.07, 6.45) is 1.25. The number of anilines is 1. The number of carbonyl (C=O) groups excluding carboxylic acids is 1. The lowest BCUT2D eigenvalue weighted by molar-refractivity contribution is -0.141. The Balaban J connectivity index is 2.14. The molecule has 0 aliphatic carbocycles. The minimum atomic E-state index is -0.935. The van der Waals surface area contributed by atoms with Gasteiger partial charge < -0.3 is 15.3 Å². The van der Waals surface area contributed by atoms with E-state index in [1.54, 1.807) is 0 Å². The Hall–Kier alpha value is -2.04. The molecule has 1 aliphatic rings. The van der Waals surface area contributed by atoms with Crippen LogP contribution in [-0.2, 0) is 4.79 Å². The minimum absolute atomic E-state index is 0.292. The molecule has 0 radical (unpaired) electrons. The van der Waals surface area contributed by atoms with E-state index in [1.165, 1.54) is 4.90 Å². The highest BCUT2D eigenvalue weighted by molar-refractivity contribution is 5.93. The third kappa shape index (κ3) is 2.92. The average molecular weight is 276 g/mol. The van der Waals surface area contributed by atoms with E-state index < -0.39 is 12.0 Å². The molecule has 1 saturated heterocycles. The molecule has 108 valence electrons. The number of carbonyl (C=O) groups is 2. The fraction of sp³-hybridized carbons (Fsp3) is 0.467. The fourth-order valence-corrected chi connectivity index (χ4v) is 2.57. The van der Waals surface area contributed by atoms with E-state index in [0.29, 0.717) is 18.9 Å². The van der Waals surface area contributed by atoms with Crippen LogP contribution >= 0.6 is 0 Å². The van der Waals surface area contributed by atoms with Crippen LogP contribution in [0.25, 0.3) is 0 Å². The number of hydrogen-bond donors (Lipinski definition) is 2. The predicted molar refractivity (Wildman–Crippen MR) is 76.9 cm³/mol. The first-order valence-electron chi connectivity index (χ1n) is 6.90. The molecule has 2 rings (SSSR count). The van der Waals surface area contributed by atoms with Crippen LogP contribution in [0.1, 0.15) is 38.2 Å². The molecule has 1 atom stereocenters. The van der Waals surface area contributed by atoms with Crippen molar-refractivity contribution in [2.45, 2.75) is 38.6 Å². The van der Waals surface area contributed by atoms with Crippen LogP contribution in [0, 0.1) is 0 Å². The zero-order chi connectivity index (χ0) is 14.7. The van der Waals surface area contributed by atoms with Gasteiger partial charge in [-0.25, -0.2) is 9.59 Å². The van der Waals surface area contributed by atoms with Crippen LogP contribution < -0.4 is 5.32 Å². The number of urea groups is 1. The quantitative estimate of drug-likeness (QED) is 0.891. The van der Waals surface area contributed by atoms with Crippen LogP contribution in [0.3, 0.4) is 0 Å². The number of carboxylic acid groups (broad SMARTS) is 1. The molecule has 1 fully saturated rings. The molecular formula is C15H20N2O3. The number of nitrogens with zero attached hydrogens (tertiary/aromatic N) is 1. The summed E-state index contributed by atoms with van der Waals surface area (Å²) in [5, 5.41) is 12.0. The van der Waals surface area contributed by atoms with Gasteiger partial charge in [0.1, 0.15) is 6.04 Å². The molecule has 1 aromatic rings. The summed E-state index contributed by atoms with van der Waals surface area (Å²) >= 11 is 0. The lowest BCUT2D eigenvalue weighted by atomic mass is 10.0. The molecule has 20 heavy (non-hydrogen) atoms. The summed E-state index contributed by atoms with van der Waals surface area (Å²) in [5.74, 6) is -0.643. The summed E-state index contributed by atoms with van der Waals surface area (Å²) in [6, 6.07) is 6.57. The van der Waals surface area contributed by atoms with Crippen LogP contribution in [0.4, 0.5) is 10.5 Å². The molecule has 0 spiro atoms. The summed E-state index contributed by atoms with van der Waals surface area (Å²) in [5.41, 5.74) is 1.80. The molecular weight excluding hydrogens is 256 g/mol. The van der Waals surface area contributed by atoms with Crippen LogP contribution in [0.2, 0.25) is 0 Å². The maximum absolute atomic E-state index is 12.3. The molecule has 0 aromatic heterocycles. The van der Waals surface area contributed by atoms with Gasteiger partial charge in [-0.3, -0.25) is 0 Å². The number of carboxylic acids is 1. The third-order valence-electron chi connectivity index (χ3n) is 3.62. The topological polar surface area (TPSA) is 69.6 Å². The molecule has 0 saturated carbocycles. The second-order valence-electron chi connectivity index (χ2n) is 5.36. The second-order valence-corrected chi connectivity index (χ2v) is 5.36. The molecule has 0 bridgehead atoms. The molecule has 1 aromatic carbocycles. The highest BCUT2D eigenvalue weighted by Gasteiger charge is 2.34. The molecule has 5 heteroatoms. The summed E-state index contributed by atoms with van der Waals surface area (Å²) < 4.78 is 0. The molecule has 1 aliphatic heterocycles. The zero-order valence-electron chi connectivity index (χ0n) is 11.8. The van der Waals surface area contributed by atoms with E-state index in [4.69, 9.17) is 5.11 Å². The van der Waals surface area contributed by atoms with Gasteiger partial charge in [0.05, 0.1) is 0 Å². The van der Waals surface area contributed by atoms with E-state index in [0.717, 1.165) is 17.7 Å². The Labute approximate surface area is 118 Å². The first kappa shape index (κ1) is 14.4. The van der Waals surface area contributed by atoms with Crippen LogP contribution in [-0.4, -0.2) is 34.6 Å². The minimum Gasteiger partial charge on any atom is -0.480 e. The zero-order valence-corrected chi connectivity index (χ0v) is 11.8. The van der Waals surface area contributed by atoms with E-state index in [1.807, 2.05) is 24.3 Å². The maximum Gasteiger partial charge on any atom is 0.326 e. The molecule has 5 nitrogen and oxygen atoms in total. The Morgan fingerprint density at radius 1 is 1.35 bits per heavy atom. The van der Waals surface area contributed by atoms with Crippen molar-refractivity contribution in [3.05, 3.63) is 29.8 Å². The monoisotopic (exact) mass is 276 g/mol. The van der Waals surface area contributed by atoms with Gasteiger partial charge in [0, 0.05) is 12.2 Å². The number of hydrogen-bond acceptors (Lipinski definition) is 2. The Bertz CT molecular complexity index is 514. The number of rotatable bonds is 3. The number of benzene rings is 1. The van der Waals surface area contributed by atoms with Gasteiger partial charge in [-0.2, -0.15) is 0 Å². The van der Waals surface area contributed by atoms with Gasteiger partial charge in [-0.1, -0.05) is 32.0 Å². The van der Waals surface area contributed by atoms with Gasteiger partial charge in [0.15, 0.2) is 0 Å². The van der Waals surface area contributed by atoms with E-state index >= 15 is 0 Å². The number of para-hydroxylation sites is 1. The molecule has 2 N–H and O–H groups in total. The molecule has 1 heterocycles. The lowest BCUT2D eigenvalue weighted by Crippen LogP contribution is -2.42. The number of nitrogens with one attached hydrogen (secondary N) is 1. The van der Waals surface area contributed by atoms with E-state index in [-0.39, 0.29) is 6.03 Å². The Morgan fingerprint density at radius 2 is 2.05 bits per heavy atom. The smallest absolute Gasteiger partial charge is 0.326 e. The van der Waals surface area contributed by atoms with Crippen LogP contribution in [0.5, 0.6) is 0 Å². The largest absolute Gasteiger partial charge is 0.480 e. The van der Waals surface area contributed by atoms with Crippen molar-refractivity contribution in [2.75, 3.05) is 11.9 Å². The van der Waals surface area contributed by atoms with Gasteiger partial charge in [0.2, 0.25) is 0 Å². The molecule has 0 unspecified atom stereocenters. The normalized spacial score (nSPS) is 18.4. The highest BCUT2D eigenvalue weighted by Crippen LogP contribution is 2.25. The van der Waals surface area contributed by atoms with Crippen molar-refractivity contribution in [1.29, 1.82) is 0 Å². The average Bonchev–Trinajstić information content (AvgIpc) is 2.88. The number of amides is 2. The lowest BCUT2D eigenvalue weighted by Gasteiger charge is -2.23. The van der Waals surface area contributed by atoms with Crippen LogP contribution in [0.15, 0.2) is 24.3 Å². The van der Waals surface area contributed by atoms with Crippen molar-refractivity contribution in [1.82, 2.24) is 4.90 Å². The summed E-state index contributed by atoms with van der Waals surface area (Å²) in [7, 11) is 0. The van der Waals surface area contributed by atoms with Crippen molar-refractivity contribution in [2.24, 2.45) is 0 Å². The highest BCUT2D eigenvalue weighted by atomic mass is 16.4. The van der Waals surface area contributed by atoms with Gasteiger partial charge >= 0.3 is 12.0 Å². The third-order valence-corrected chi connectivity index (χ3v) is 3.62. The molecule has 2 amide bonds. The Kier molecular flexibility index (Phi) is 4.27. The number of aliphatic carboxylic acids is 1. The first-order chi connectivity index (χ1) is 9.50. The predicted octanol–water partition coefficient (Wildman–Crippen LogP) is 2.89.